The minimum Gasteiger partial charge on any atom is -0.396 e. The van der Waals surface area contributed by atoms with Gasteiger partial charge in [0, 0.05) is 19.8 Å². The lowest BCUT2D eigenvalue weighted by molar-refractivity contribution is 0.170. The molecule has 0 bridgehead atoms. The molecule has 0 unspecified atom stereocenters. The fraction of sp³-hybridized carbons (Fsp3) is 1.00. The highest BCUT2D eigenvalue weighted by molar-refractivity contribution is 4.57. The zero-order valence-electron chi connectivity index (χ0n) is 6.76. The van der Waals surface area contributed by atoms with Gasteiger partial charge in [-0.15, -0.1) is 0 Å². The number of aliphatic hydroxyl groups excluding tert-OH is 1. The third kappa shape index (κ3) is 6.01. The number of ether oxygens (including phenoxy) is 1. The van der Waals surface area contributed by atoms with E-state index in [0.717, 1.165) is 19.6 Å². The first-order chi connectivity index (χ1) is 4.81. The second kappa shape index (κ2) is 6.99. The fourth-order valence-electron chi connectivity index (χ4n) is 0.736. The minimum absolute atomic E-state index is 0.257. The van der Waals surface area contributed by atoms with Gasteiger partial charge in [-0.3, -0.25) is 0 Å². The highest BCUT2D eigenvalue weighted by Crippen LogP contribution is 1.82. The van der Waals surface area contributed by atoms with Crippen molar-refractivity contribution >= 4 is 0 Å². The molecule has 3 nitrogen and oxygen atoms in total. The summed E-state index contributed by atoms with van der Waals surface area (Å²) in [5, 5.41) is 11.6. The topological polar surface area (TPSA) is 41.5 Å². The third-order valence-electron chi connectivity index (χ3n) is 1.24. The maximum Gasteiger partial charge on any atom is 0.0613 e. The van der Waals surface area contributed by atoms with Crippen molar-refractivity contribution in [1.82, 2.24) is 5.32 Å². The molecule has 0 fully saturated rings. The number of aliphatic hydroxyl groups is 1. The summed E-state index contributed by atoms with van der Waals surface area (Å²) in [6, 6.07) is 0.386. The van der Waals surface area contributed by atoms with E-state index in [1.807, 2.05) is 0 Å². The molecule has 0 rings (SSSR count). The fourth-order valence-corrected chi connectivity index (χ4v) is 0.736. The van der Waals surface area contributed by atoms with Crippen molar-refractivity contribution in [3.8, 4) is 0 Å². The van der Waals surface area contributed by atoms with Crippen molar-refractivity contribution in [3.63, 3.8) is 0 Å². The van der Waals surface area contributed by atoms with Crippen LogP contribution in [0.5, 0.6) is 0 Å². The summed E-state index contributed by atoms with van der Waals surface area (Å²) in [6.45, 7) is 3.90. The summed E-state index contributed by atoms with van der Waals surface area (Å²) in [5.74, 6) is 0. The van der Waals surface area contributed by atoms with Gasteiger partial charge >= 0.3 is 0 Å². The molecule has 0 aromatic rings. The van der Waals surface area contributed by atoms with Crippen LogP contribution in [-0.4, -0.2) is 38.0 Å². The van der Waals surface area contributed by atoms with Crippen LogP contribution in [0.15, 0.2) is 0 Å². The van der Waals surface area contributed by atoms with Crippen LogP contribution < -0.4 is 5.32 Å². The second-order valence-corrected chi connectivity index (χ2v) is 2.39. The highest BCUT2D eigenvalue weighted by Gasteiger charge is 1.97. The van der Waals surface area contributed by atoms with E-state index >= 15 is 0 Å². The summed E-state index contributed by atoms with van der Waals surface area (Å²) in [7, 11) is 1.68. The second-order valence-electron chi connectivity index (χ2n) is 2.39. The average molecular weight is 147 g/mol. The molecule has 0 aromatic carbocycles. The molecule has 1 atom stereocenters. The molecule has 0 heterocycles. The van der Waals surface area contributed by atoms with E-state index in [2.05, 4.69) is 12.2 Å². The van der Waals surface area contributed by atoms with Crippen LogP contribution in [0, 0.1) is 0 Å². The lowest BCUT2D eigenvalue weighted by Gasteiger charge is -2.11. The number of methoxy groups -OCH3 is 1. The lowest BCUT2D eigenvalue weighted by Crippen LogP contribution is -2.31. The van der Waals surface area contributed by atoms with Gasteiger partial charge in [0.2, 0.25) is 0 Å². The van der Waals surface area contributed by atoms with Crippen LogP contribution in [0.3, 0.4) is 0 Å². The molecule has 0 radical (unpaired) electrons. The van der Waals surface area contributed by atoms with Gasteiger partial charge in [0.1, 0.15) is 0 Å². The molecule has 0 aliphatic carbocycles. The van der Waals surface area contributed by atoms with E-state index in [1.54, 1.807) is 7.11 Å². The van der Waals surface area contributed by atoms with Crippen LogP contribution in [0.4, 0.5) is 0 Å². The molecule has 62 valence electrons. The van der Waals surface area contributed by atoms with Gasteiger partial charge in [0.05, 0.1) is 6.61 Å². The largest absolute Gasteiger partial charge is 0.396 e. The number of hydrogen-bond acceptors (Lipinski definition) is 3. The normalized spacial score (nSPS) is 13.5. The number of hydrogen-bond donors (Lipinski definition) is 2. The van der Waals surface area contributed by atoms with Crippen LogP contribution in [0.25, 0.3) is 0 Å². The Kier molecular flexibility index (Phi) is 6.91. The van der Waals surface area contributed by atoms with Crippen molar-refractivity contribution in [3.05, 3.63) is 0 Å². The van der Waals surface area contributed by atoms with Gasteiger partial charge in [-0.2, -0.15) is 0 Å². The van der Waals surface area contributed by atoms with Crippen molar-refractivity contribution < 1.29 is 9.84 Å². The maximum atomic E-state index is 8.44. The Morgan fingerprint density at radius 2 is 2.30 bits per heavy atom. The Morgan fingerprint density at radius 3 is 2.80 bits per heavy atom. The van der Waals surface area contributed by atoms with Gasteiger partial charge in [-0.1, -0.05) is 0 Å². The SMILES string of the molecule is COC[C@@H](C)NCCCO. The number of nitrogens with one attached hydrogen (secondary N) is 1. The summed E-state index contributed by atoms with van der Waals surface area (Å²) >= 11 is 0. The Bertz CT molecular complexity index is 68.6. The standard InChI is InChI=1S/C7H17NO2/c1-7(6-10-2)8-4-3-5-9/h7-9H,3-6H2,1-2H3/t7-/m1/s1. The van der Waals surface area contributed by atoms with Gasteiger partial charge in [-0.25, -0.2) is 0 Å². The molecule has 0 saturated heterocycles. The molecule has 0 aliphatic rings. The Labute approximate surface area is 62.4 Å². The van der Waals surface area contributed by atoms with Gasteiger partial charge in [0.15, 0.2) is 0 Å². The zero-order chi connectivity index (χ0) is 7.82. The summed E-state index contributed by atoms with van der Waals surface area (Å²) < 4.78 is 4.91. The first-order valence-electron chi connectivity index (χ1n) is 3.64. The van der Waals surface area contributed by atoms with Crippen molar-refractivity contribution in [2.45, 2.75) is 19.4 Å². The highest BCUT2D eigenvalue weighted by atomic mass is 16.5. The molecule has 0 spiro atoms. The first-order valence-corrected chi connectivity index (χ1v) is 3.64. The zero-order valence-corrected chi connectivity index (χ0v) is 6.76. The predicted octanol–water partition coefficient (Wildman–Crippen LogP) is -0.00670. The van der Waals surface area contributed by atoms with E-state index in [-0.39, 0.29) is 6.61 Å². The molecule has 0 saturated carbocycles. The Morgan fingerprint density at radius 1 is 1.60 bits per heavy atom. The predicted molar refractivity (Wildman–Crippen MR) is 41.0 cm³/mol. The third-order valence-corrected chi connectivity index (χ3v) is 1.24. The molecule has 0 aromatic heterocycles. The number of rotatable bonds is 6. The molecule has 3 heteroatoms. The molecule has 2 N–H and O–H groups in total. The first kappa shape index (κ1) is 9.88. The van der Waals surface area contributed by atoms with Gasteiger partial charge in [0.25, 0.3) is 0 Å². The van der Waals surface area contributed by atoms with Crippen molar-refractivity contribution in [2.24, 2.45) is 0 Å². The van der Waals surface area contributed by atoms with Gasteiger partial charge < -0.3 is 15.2 Å². The molecular formula is C7H17NO2. The summed E-state index contributed by atoms with van der Waals surface area (Å²) in [5.41, 5.74) is 0. The van der Waals surface area contributed by atoms with Crippen LogP contribution in [0.1, 0.15) is 13.3 Å². The quantitative estimate of drug-likeness (QED) is 0.519. The molecule has 10 heavy (non-hydrogen) atoms. The van der Waals surface area contributed by atoms with E-state index in [9.17, 15) is 0 Å². The average Bonchev–Trinajstić information content (AvgIpc) is 1.89. The molecule has 0 amide bonds. The Balaban J connectivity index is 2.97. The van der Waals surface area contributed by atoms with Crippen LogP contribution in [0.2, 0.25) is 0 Å². The van der Waals surface area contributed by atoms with Crippen LogP contribution in [-0.2, 0) is 4.74 Å². The van der Waals surface area contributed by atoms with Crippen LogP contribution >= 0.6 is 0 Å². The van der Waals surface area contributed by atoms with E-state index in [4.69, 9.17) is 9.84 Å². The monoisotopic (exact) mass is 147 g/mol. The van der Waals surface area contributed by atoms with Crippen molar-refractivity contribution in [2.75, 3.05) is 26.9 Å². The maximum absolute atomic E-state index is 8.44. The van der Waals surface area contributed by atoms with E-state index in [1.165, 1.54) is 0 Å². The minimum atomic E-state index is 0.257. The smallest absolute Gasteiger partial charge is 0.0613 e. The summed E-state index contributed by atoms with van der Waals surface area (Å²) in [6.07, 6.45) is 0.814. The molecular weight excluding hydrogens is 130 g/mol. The van der Waals surface area contributed by atoms with E-state index in [0.29, 0.717) is 6.04 Å². The molecule has 0 aliphatic heterocycles. The summed E-state index contributed by atoms with van der Waals surface area (Å²) in [4.78, 5) is 0. The van der Waals surface area contributed by atoms with Crippen molar-refractivity contribution in [1.29, 1.82) is 0 Å². The lowest BCUT2D eigenvalue weighted by atomic mass is 10.3. The van der Waals surface area contributed by atoms with Gasteiger partial charge in [-0.05, 0) is 19.9 Å². The van der Waals surface area contributed by atoms with E-state index < -0.39 is 0 Å². The Hall–Kier alpha value is -0.120.